The number of unbranched alkanes of at least 4 members (excludes halogenated alkanes) is 1. The van der Waals surface area contributed by atoms with Gasteiger partial charge < -0.3 is 0 Å². The van der Waals surface area contributed by atoms with Gasteiger partial charge in [0.05, 0.1) is 0 Å². The van der Waals surface area contributed by atoms with Gasteiger partial charge in [0.15, 0.2) is 0 Å². The van der Waals surface area contributed by atoms with Gasteiger partial charge in [0.25, 0.3) is 0 Å². The first-order valence-corrected chi connectivity index (χ1v) is 9.67. The Labute approximate surface area is 152 Å². The molecule has 0 atom stereocenters. The smallest absolute Gasteiger partial charge is 0.0288 e. The highest BCUT2D eigenvalue weighted by Gasteiger charge is 1.92. The monoisotopic (exact) mass is 328 g/mol. The van der Waals surface area contributed by atoms with Crippen LogP contribution in [0.4, 0.5) is 0 Å². The standard InChI is InChI=1S/C24H40/c1-7-8-9-15-22(4)16-10-11-17-23(5)19-13-20-24(6)18-12-14-21(2)3/h7-8,14,16-17,20H,9-13,15,18-19H2,1-6H3/b8-7-,22-16+,23-17+,24-20+. The lowest BCUT2D eigenvalue weighted by Gasteiger charge is -2.02. The molecule has 0 saturated heterocycles. The molecule has 0 spiro atoms. The van der Waals surface area contributed by atoms with Crippen molar-refractivity contribution in [3.63, 3.8) is 0 Å². The zero-order valence-electron chi connectivity index (χ0n) is 17.1. The minimum absolute atomic E-state index is 1.17. The molecule has 136 valence electrons. The minimum Gasteiger partial charge on any atom is -0.0917 e. The van der Waals surface area contributed by atoms with Crippen LogP contribution >= 0.6 is 0 Å². The second-order valence-electron chi connectivity index (χ2n) is 7.20. The molecule has 0 aliphatic heterocycles. The lowest BCUT2D eigenvalue weighted by Crippen LogP contribution is -1.81. The molecule has 0 nitrogen and oxygen atoms in total. The maximum Gasteiger partial charge on any atom is -0.0288 e. The van der Waals surface area contributed by atoms with Gasteiger partial charge in [0, 0.05) is 0 Å². The minimum atomic E-state index is 1.17. The van der Waals surface area contributed by atoms with Crippen LogP contribution < -0.4 is 0 Å². The zero-order chi connectivity index (χ0) is 18.2. The summed E-state index contributed by atoms with van der Waals surface area (Å²) < 4.78 is 0. The summed E-state index contributed by atoms with van der Waals surface area (Å²) in [4.78, 5) is 0. The van der Waals surface area contributed by atoms with Gasteiger partial charge in [-0.15, -0.1) is 0 Å². The molecular weight excluding hydrogens is 288 g/mol. The Hall–Kier alpha value is -1.30. The van der Waals surface area contributed by atoms with E-state index < -0.39 is 0 Å². The van der Waals surface area contributed by atoms with Crippen LogP contribution in [0.15, 0.2) is 58.7 Å². The lowest BCUT2D eigenvalue weighted by molar-refractivity contribution is 0.902. The molecule has 24 heavy (non-hydrogen) atoms. The average molecular weight is 329 g/mol. The van der Waals surface area contributed by atoms with Crippen molar-refractivity contribution in [3.8, 4) is 0 Å². The van der Waals surface area contributed by atoms with Gasteiger partial charge in [-0.05, 0) is 92.9 Å². The normalized spacial score (nSPS) is 13.7. The third kappa shape index (κ3) is 15.6. The van der Waals surface area contributed by atoms with Crippen molar-refractivity contribution in [1.29, 1.82) is 0 Å². The van der Waals surface area contributed by atoms with Crippen molar-refractivity contribution in [2.45, 2.75) is 92.9 Å². The Kier molecular flexibility index (Phi) is 14.4. The number of rotatable bonds is 12. The van der Waals surface area contributed by atoms with Crippen molar-refractivity contribution >= 4 is 0 Å². The summed E-state index contributed by atoms with van der Waals surface area (Å²) in [6.45, 7) is 13.2. The highest BCUT2D eigenvalue weighted by molar-refractivity contribution is 5.06. The van der Waals surface area contributed by atoms with E-state index in [1.807, 2.05) is 0 Å². The van der Waals surface area contributed by atoms with E-state index in [9.17, 15) is 0 Å². The number of allylic oxidation sites excluding steroid dienone is 10. The summed E-state index contributed by atoms with van der Waals surface area (Å²) in [6, 6.07) is 0. The zero-order valence-corrected chi connectivity index (χ0v) is 17.1. The largest absolute Gasteiger partial charge is 0.0917 e. The first-order chi connectivity index (χ1) is 11.5. The van der Waals surface area contributed by atoms with Gasteiger partial charge in [-0.1, -0.05) is 58.7 Å². The lowest BCUT2D eigenvalue weighted by atomic mass is 10.0. The summed E-state index contributed by atoms with van der Waals surface area (Å²) in [5.74, 6) is 0. The van der Waals surface area contributed by atoms with Crippen molar-refractivity contribution in [1.82, 2.24) is 0 Å². The molecule has 0 unspecified atom stereocenters. The highest BCUT2D eigenvalue weighted by atomic mass is 14.0. The first kappa shape index (κ1) is 22.7. The first-order valence-electron chi connectivity index (χ1n) is 9.67. The van der Waals surface area contributed by atoms with Gasteiger partial charge >= 0.3 is 0 Å². The van der Waals surface area contributed by atoms with Crippen LogP contribution in [0, 0.1) is 0 Å². The quantitative estimate of drug-likeness (QED) is 0.249. The molecule has 0 heteroatoms. The Balaban J connectivity index is 3.94. The van der Waals surface area contributed by atoms with Crippen LogP contribution in [-0.4, -0.2) is 0 Å². The predicted octanol–water partition coefficient (Wildman–Crippen LogP) is 8.49. The molecule has 0 aromatic heterocycles. The second kappa shape index (κ2) is 15.2. The number of hydrogen-bond donors (Lipinski definition) is 0. The van der Waals surface area contributed by atoms with E-state index in [4.69, 9.17) is 0 Å². The van der Waals surface area contributed by atoms with Crippen LogP contribution in [0.1, 0.15) is 92.9 Å². The van der Waals surface area contributed by atoms with Crippen LogP contribution in [0.2, 0.25) is 0 Å². The molecule has 0 amide bonds. The fourth-order valence-electron chi connectivity index (χ4n) is 2.58. The topological polar surface area (TPSA) is 0 Å². The van der Waals surface area contributed by atoms with E-state index in [0.29, 0.717) is 0 Å². The molecule has 0 saturated carbocycles. The maximum atomic E-state index is 2.42. The summed E-state index contributed by atoms with van der Waals surface area (Å²) >= 11 is 0. The highest BCUT2D eigenvalue weighted by Crippen LogP contribution is 2.13. The van der Waals surface area contributed by atoms with Crippen molar-refractivity contribution in [2.75, 3.05) is 0 Å². The molecule has 0 aliphatic rings. The third-order valence-electron chi connectivity index (χ3n) is 4.22. The van der Waals surface area contributed by atoms with Crippen LogP contribution in [-0.2, 0) is 0 Å². The van der Waals surface area contributed by atoms with Gasteiger partial charge in [-0.3, -0.25) is 0 Å². The summed E-state index contributed by atoms with van der Waals surface area (Å²) in [5.41, 5.74) is 6.00. The average Bonchev–Trinajstić information content (AvgIpc) is 2.51. The Morgan fingerprint density at radius 3 is 1.42 bits per heavy atom. The summed E-state index contributed by atoms with van der Waals surface area (Å²) in [6.07, 6.45) is 23.4. The molecular formula is C24H40. The Morgan fingerprint density at radius 2 is 0.958 bits per heavy atom. The van der Waals surface area contributed by atoms with Crippen LogP contribution in [0.25, 0.3) is 0 Å². The van der Waals surface area contributed by atoms with Crippen molar-refractivity contribution in [2.24, 2.45) is 0 Å². The maximum absolute atomic E-state index is 2.42. The predicted molar refractivity (Wildman–Crippen MR) is 112 cm³/mol. The summed E-state index contributed by atoms with van der Waals surface area (Å²) in [5, 5.41) is 0. The molecule has 0 N–H and O–H groups in total. The molecule has 0 fully saturated rings. The molecule has 0 heterocycles. The Bertz CT molecular complexity index is 462. The fourth-order valence-corrected chi connectivity index (χ4v) is 2.58. The van der Waals surface area contributed by atoms with Crippen molar-refractivity contribution in [3.05, 3.63) is 58.7 Å². The fraction of sp³-hybridized carbons (Fsp3) is 0.583. The SMILES string of the molecule is C/C=C\CC/C(C)=C/CC/C=C(\C)CC/C=C(\C)CCC=C(C)C. The third-order valence-corrected chi connectivity index (χ3v) is 4.22. The molecule has 0 radical (unpaired) electrons. The van der Waals surface area contributed by atoms with Gasteiger partial charge in [-0.2, -0.15) is 0 Å². The summed E-state index contributed by atoms with van der Waals surface area (Å²) in [7, 11) is 0. The van der Waals surface area contributed by atoms with E-state index in [1.165, 1.54) is 73.7 Å². The van der Waals surface area contributed by atoms with Gasteiger partial charge in [-0.25, -0.2) is 0 Å². The van der Waals surface area contributed by atoms with E-state index in [1.54, 1.807) is 0 Å². The van der Waals surface area contributed by atoms with Gasteiger partial charge in [0.2, 0.25) is 0 Å². The van der Waals surface area contributed by atoms with E-state index in [2.05, 4.69) is 78.0 Å². The molecule has 0 aromatic carbocycles. The van der Waals surface area contributed by atoms with Crippen LogP contribution in [0.3, 0.4) is 0 Å². The molecule has 0 aromatic rings. The van der Waals surface area contributed by atoms with Crippen molar-refractivity contribution < 1.29 is 0 Å². The molecule has 0 bridgehead atoms. The van der Waals surface area contributed by atoms with Crippen LogP contribution in [0.5, 0.6) is 0 Å². The number of hydrogen-bond acceptors (Lipinski definition) is 0. The molecule has 0 aliphatic carbocycles. The van der Waals surface area contributed by atoms with Gasteiger partial charge in [0.1, 0.15) is 0 Å². The van der Waals surface area contributed by atoms with E-state index in [-0.39, 0.29) is 0 Å². The van der Waals surface area contributed by atoms with E-state index >= 15 is 0 Å². The Morgan fingerprint density at radius 1 is 0.542 bits per heavy atom. The van der Waals surface area contributed by atoms with E-state index in [0.717, 1.165) is 0 Å². The second-order valence-corrected chi connectivity index (χ2v) is 7.20. The molecule has 0 rings (SSSR count).